The third kappa shape index (κ3) is 5.20. The normalized spacial score (nSPS) is 11.1. The zero-order valence-corrected chi connectivity index (χ0v) is 15.7. The molecule has 24 heavy (non-hydrogen) atoms. The number of hydrogen-bond donors (Lipinski definition) is 2. The molecular weight excluding hydrogens is 420 g/mol. The van der Waals surface area contributed by atoms with Gasteiger partial charge in [0.05, 0.1) is 9.92 Å². The fourth-order valence-electron chi connectivity index (χ4n) is 1.67. The van der Waals surface area contributed by atoms with Crippen molar-refractivity contribution >= 4 is 43.5 Å². The SMILES string of the molecule is Cc1ccc(S(=O)(=O)NNC(=O)COc2ccc(Br)cc2Cl)cc1. The first kappa shape index (κ1) is 18.7. The minimum Gasteiger partial charge on any atom is -0.482 e. The van der Waals surface area contributed by atoms with E-state index in [0.29, 0.717) is 10.8 Å². The highest BCUT2D eigenvalue weighted by Crippen LogP contribution is 2.27. The predicted molar refractivity (Wildman–Crippen MR) is 94.3 cm³/mol. The van der Waals surface area contributed by atoms with Gasteiger partial charge in [0.25, 0.3) is 15.9 Å². The van der Waals surface area contributed by atoms with Crippen molar-refractivity contribution in [3.8, 4) is 5.75 Å². The molecule has 2 aromatic rings. The van der Waals surface area contributed by atoms with E-state index in [1.165, 1.54) is 12.1 Å². The standard InChI is InChI=1S/C15H14BrClN2O4S/c1-10-2-5-12(6-3-10)24(21,22)19-18-15(20)9-23-14-7-4-11(16)8-13(14)17/h2-8,19H,9H2,1H3,(H,18,20). The molecule has 0 radical (unpaired) electrons. The van der Waals surface area contributed by atoms with Crippen LogP contribution in [0.3, 0.4) is 0 Å². The number of carbonyl (C=O) groups excluding carboxylic acids is 1. The lowest BCUT2D eigenvalue weighted by molar-refractivity contribution is -0.123. The Balaban J connectivity index is 1.89. The van der Waals surface area contributed by atoms with Crippen molar-refractivity contribution in [2.45, 2.75) is 11.8 Å². The Morgan fingerprint density at radius 3 is 2.50 bits per heavy atom. The summed E-state index contributed by atoms with van der Waals surface area (Å²) in [6.07, 6.45) is 0. The van der Waals surface area contributed by atoms with Gasteiger partial charge < -0.3 is 4.74 Å². The van der Waals surface area contributed by atoms with Gasteiger partial charge in [0.15, 0.2) is 6.61 Å². The Kier molecular flexibility index (Phi) is 6.22. The van der Waals surface area contributed by atoms with E-state index in [-0.39, 0.29) is 4.90 Å². The molecular formula is C15H14BrClN2O4S. The predicted octanol–water partition coefficient (Wildman–Crippen LogP) is 2.80. The van der Waals surface area contributed by atoms with Crippen LogP contribution in [0.5, 0.6) is 5.75 Å². The first-order chi connectivity index (χ1) is 11.3. The van der Waals surface area contributed by atoms with Crippen molar-refractivity contribution in [2.75, 3.05) is 6.61 Å². The highest BCUT2D eigenvalue weighted by Gasteiger charge is 2.15. The van der Waals surface area contributed by atoms with Crippen molar-refractivity contribution in [1.29, 1.82) is 0 Å². The highest BCUT2D eigenvalue weighted by atomic mass is 79.9. The van der Waals surface area contributed by atoms with E-state index < -0.39 is 22.5 Å². The van der Waals surface area contributed by atoms with Crippen molar-refractivity contribution in [1.82, 2.24) is 10.3 Å². The minimum absolute atomic E-state index is 0.0465. The van der Waals surface area contributed by atoms with Crippen molar-refractivity contribution in [3.63, 3.8) is 0 Å². The molecule has 1 amide bonds. The summed E-state index contributed by atoms with van der Waals surface area (Å²) in [5, 5.41) is 0.331. The van der Waals surface area contributed by atoms with Gasteiger partial charge in [0, 0.05) is 4.47 Å². The van der Waals surface area contributed by atoms with Gasteiger partial charge in [-0.1, -0.05) is 45.2 Å². The minimum atomic E-state index is -3.84. The largest absolute Gasteiger partial charge is 0.482 e. The number of ether oxygens (including phenoxy) is 1. The third-order valence-electron chi connectivity index (χ3n) is 2.91. The summed E-state index contributed by atoms with van der Waals surface area (Å²) in [4.78, 5) is 13.8. The van der Waals surface area contributed by atoms with Gasteiger partial charge in [-0.2, -0.15) is 0 Å². The Morgan fingerprint density at radius 1 is 1.21 bits per heavy atom. The van der Waals surface area contributed by atoms with Crippen LogP contribution in [0.2, 0.25) is 5.02 Å². The molecule has 2 N–H and O–H groups in total. The monoisotopic (exact) mass is 432 g/mol. The maximum Gasteiger partial charge on any atom is 0.272 e. The maximum atomic E-state index is 12.0. The second-order valence-electron chi connectivity index (χ2n) is 4.83. The summed E-state index contributed by atoms with van der Waals surface area (Å²) in [6.45, 7) is 1.45. The Morgan fingerprint density at radius 2 is 1.88 bits per heavy atom. The molecule has 2 aromatic carbocycles. The number of carbonyl (C=O) groups is 1. The molecule has 0 aliphatic rings. The fourth-order valence-corrected chi connectivity index (χ4v) is 3.26. The van der Waals surface area contributed by atoms with Crippen molar-refractivity contribution < 1.29 is 17.9 Å². The molecule has 0 heterocycles. The molecule has 0 aliphatic carbocycles. The van der Waals surface area contributed by atoms with E-state index in [1.54, 1.807) is 30.3 Å². The van der Waals surface area contributed by atoms with Crippen LogP contribution in [0.25, 0.3) is 0 Å². The number of amides is 1. The van der Waals surface area contributed by atoms with E-state index in [1.807, 2.05) is 11.8 Å². The van der Waals surface area contributed by atoms with Crippen LogP contribution >= 0.6 is 27.5 Å². The van der Waals surface area contributed by atoms with Crippen molar-refractivity contribution in [3.05, 3.63) is 57.5 Å². The molecule has 9 heteroatoms. The molecule has 6 nitrogen and oxygen atoms in total. The number of nitrogens with one attached hydrogen (secondary N) is 2. The molecule has 0 saturated carbocycles. The highest BCUT2D eigenvalue weighted by molar-refractivity contribution is 9.10. The van der Waals surface area contributed by atoms with Crippen LogP contribution < -0.4 is 15.0 Å². The average Bonchev–Trinajstić information content (AvgIpc) is 2.52. The smallest absolute Gasteiger partial charge is 0.272 e. The van der Waals surface area contributed by atoms with E-state index in [0.717, 1.165) is 10.0 Å². The zero-order valence-electron chi connectivity index (χ0n) is 12.5. The summed E-state index contributed by atoms with van der Waals surface area (Å²) >= 11 is 9.21. The van der Waals surface area contributed by atoms with Crippen LogP contribution in [0.4, 0.5) is 0 Å². The van der Waals surface area contributed by atoms with E-state index in [9.17, 15) is 13.2 Å². The van der Waals surface area contributed by atoms with Gasteiger partial charge in [-0.25, -0.2) is 8.42 Å². The van der Waals surface area contributed by atoms with Crippen LogP contribution in [-0.2, 0) is 14.8 Å². The van der Waals surface area contributed by atoms with Gasteiger partial charge in [0.2, 0.25) is 0 Å². The molecule has 2 rings (SSSR count). The summed E-state index contributed by atoms with van der Waals surface area (Å²) in [6, 6.07) is 11.1. The van der Waals surface area contributed by atoms with Gasteiger partial charge >= 0.3 is 0 Å². The number of halogens is 2. The topological polar surface area (TPSA) is 84.5 Å². The number of sulfonamides is 1. The lowest BCUT2D eigenvalue weighted by Gasteiger charge is -2.10. The van der Waals surface area contributed by atoms with Crippen LogP contribution in [-0.4, -0.2) is 20.9 Å². The molecule has 128 valence electrons. The van der Waals surface area contributed by atoms with Crippen LogP contribution in [0, 0.1) is 6.92 Å². The number of hydrazine groups is 1. The summed E-state index contributed by atoms with van der Waals surface area (Å²) in [7, 11) is -3.84. The maximum absolute atomic E-state index is 12.0. The molecule has 0 aromatic heterocycles. The Labute approximate surface area is 153 Å². The molecule has 0 fully saturated rings. The van der Waals surface area contributed by atoms with E-state index >= 15 is 0 Å². The van der Waals surface area contributed by atoms with Gasteiger partial charge in [-0.15, -0.1) is 4.83 Å². The van der Waals surface area contributed by atoms with Gasteiger partial charge in [-0.05, 0) is 37.3 Å². The molecule has 0 unspecified atom stereocenters. The van der Waals surface area contributed by atoms with Crippen LogP contribution in [0.15, 0.2) is 51.8 Å². The lowest BCUT2D eigenvalue weighted by Crippen LogP contribution is -2.43. The third-order valence-corrected chi connectivity index (χ3v) is 4.96. The summed E-state index contributed by atoms with van der Waals surface area (Å²) in [5.41, 5.74) is 3.01. The van der Waals surface area contributed by atoms with E-state index in [2.05, 4.69) is 21.4 Å². The summed E-state index contributed by atoms with van der Waals surface area (Å²) in [5.74, 6) is -0.346. The zero-order chi connectivity index (χ0) is 17.7. The lowest BCUT2D eigenvalue weighted by atomic mass is 10.2. The molecule has 0 aliphatic heterocycles. The fraction of sp³-hybridized carbons (Fsp3) is 0.133. The molecule has 0 saturated heterocycles. The van der Waals surface area contributed by atoms with Crippen molar-refractivity contribution in [2.24, 2.45) is 0 Å². The number of benzene rings is 2. The Bertz CT molecular complexity index is 841. The number of aryl methyl sites for hydroxylation is 1. The number of rotatable bonds is 6. The molecule has 0 bridgehead atoms. The van der Waals surface area contributed by atoms with Gasteiger partial charge in [0.1, 0.15) is 5.75 Å². The second kappa shape index (κ2) is 7.98. The van der Waals surface area contributed by atoms with Gasteiger partial charge in [-0.3, -0.25) is 10.2 Å². The second-order valence-corrected chi connectivity index (χ2v) is 7.84. The Hall–Kier alpha value is -1.61. The van der Waals surface area contributed by atoms with E-state index in [4.69, 9.17) is 16.3 Å². The van der Waals surface area contributed by atoms with Crippen LogP contribution in [0.1, 0.15) is 5.56 Å². The summed E-state index contributed by atoms with van der Waals surface area (Å²) < 4.78 is 30.1. The molecule has 0 atom stereocenters. The molecule has 0 spiro atoms. The number of hydrogen-bond acceptors (Lipinski definition) is 4. The first-order valence-corrected chi connectivity index (χ1v) is 9.38. The quantitative estimate of drug-likeness (QED) is 0.686. The average molecular weight is 434 g/mol. The first-order valence-electron chi connectivity index (χ1n) is 6.73.